The SMILES string of the molecule is NC(=O)C1CCCN(Cc2ccccc2NC(=O)c2cccc(OCc3cccs3)c2)C1. The number of hydrogen-bond donors (Lipinski definition) is 2. The van der Waals surface area contributed by atoms with Gasteiger partial charge in [0.1, 0.15) is 12.4 Å². The molecule has 0 spiro atoms. The summed E-state index contributed by atoms with van der Waals surface area (Å²) < 4.78 is 5.83. The van der Waals surface area contributed by atoms with Crippen LogP contribution in [0.1, 0.15) is 33.6 Å². The molecular formula is C25H27N3O3S. The average molecular weight is 450 g/mol. The van der Waals surface area contributed by atoms with Crippen LogP contribution < -0.4 is 15.8 Å². The van der Waals surface area contributed by atoms with E-state index < -0.39 is 0 Å². The van der Waals surface area contributed by atoms with Crippen LogP contribution in [0.2, 0.25) is 0 Å². The molecule has 2 heterocycles. The molecule has 1 atom stereocenters. The first-order valence-corrected chi connectivity index (χ1v) is 11.6. The van der Waals surface area contributed by atoms with Crippen molar-refractivity contribution in [3.05, 3.63) is 82.0 Å². The van der Waals surface area contributed by atoms with Crippen molar-refractivity contribution in [1.82, 2.24) is 4.90 Å². The van der Waals surface area contributed by atoms with Gasteiger partial charge in [0.05, 0.1) is 5.92 Å². The Morgan fingerprint density at radius 1 is 1.12 bits per heavy atom. The number of hydrogen-bond acceptors (Lipinski definition) is 5. The molecule has 0 aliphatic carbocycles. The molecule has 1 aliphatic heterocycles. The van der Waals surface area contributed by atoms with E-state index in [1.165, 1.54) is 0 Å². The lowest BCUT2D eigenvalue weighted by Crippen LogP contribution is -2.40. The number of benzene rings is 2. The highest BCUT2D eigenvalue weighted by molar-refractivity contribution is 7.09. The summed E-state index contributed by atoms with van der Waals surface area (Å²) in [5, 5.41) is 5.05. The molecule has 6 nitrogen and oxygen atoms in total. The second-order valence-corrected chi connectivity index (χ2v) is 9.02. The highest BCUT2D eigenvalue weighted by Gasteiger charge is 2.24. The van der Waals surface area contributed by atoms with Gasteiger partial charge in [0.15, 0.2) is 0 Å². The average Bonchev–Trinajstić information content (AvgIpc) is 3.33. The van der Waals surface area contributed by atoms with Crippen molar-refractivity contribution in [2.45, 2.75) is 26.0 Å². The molecule has 0 radical (unpaired) electrons. The summed E-state index contributed by atoms with van der Waals surface area (Å²) in [4.78, 5) is 27.9. The summed E-state index contributed by atoms with van der Waals surface area (Å²) in [6.45, 7) is 2.70. The fourth-order valence-electron chi connectivity index (χ4n) is 3.92. The zero-order valence-corrected chi connectivity index (χ0v) is 18.6. The van der Waals surface area contributed by atoms with E-state index in [4.69, 9.17) is 10.5 Å². The van der Waals surface area contributed by atoms with E-state index in [0.717, 1.165) is 35.5 Å². The quantitative estimate of drug-likeness (QED) is 0.538. The first-order chi connectivity index (χ1) is 15.6. The maximum atomic E-state index is 12.9. The van der Waals surface area contributed by atoms with Crippen LogP contribution in [0.4, 0.5) is 5.69 Å². The van der Waals surface area contributed by atoms with E-state index >= 15 is 0 Å². The van der Waals surface area contributed by atoms with E-state index in [-0.39, 0.29) is 17.7 Å². The van der Waals surface area contributed by atoms with Crippen molar-refractivity contribution < 1.29 is 14.3 Å². The maximum absolute atomic E-state index is 12.9. The molecule has 4 rings (SSSR count). The minimum atomic E-state index is -0.238. The number of thiophene rings is 1. The van der Waals surface area contributed by atoms with Crippen LogP contribution in [-0.4, -0.2) is 29.8 Å². The molecule has 0 saturated carbocycles. The van der Waals surface area contributed by atoms with E-state index in [9.17, 15) is 9.59 Å². The van der Waals surface area contributed by atoms with E-state index in [2.05, 4.69) is 10.2 Å². The predicted molar refractivity (Wildman–Crippen MR) is 127 cm³/mol. The van der Waals surface area contributed by atoms with Gasteiger partial charge in [-0.05, 0) is 60.7 Å². The fraction of sp³-hybridized carbons (Fsp3) is 0.280. The molecule has 32 heavy (non-hydrogen) atoms. The van der Waals surface area contributed by atoms with Crippen molar-refractivity contribution in [2.75, 3.05) is 18.4 Å². The topological polar surface area (TPSA) is 84.7 Å². The predicted octanol–water partition coefficient (Wildman–Crippen LogP) is 4.28. The van der Waals surface area contributed by atoms with Gasteiger partial charge in [-0.2, -0.15) is 0 Å². The summed E-state index contributed by atoms with van der Waals surface area (Å²) in [5.74, 6) is 0.123. The van der Waals surface area contributed by atoms with Gasteiger partial charge in [0.2, 0.25) is 5.91 Å². The molecule has 1 saturated heterocycles. The van der Waals surface area contributed by atoms with Gasteiger partial charge in [0, 0.05) is 29.2 Å². The van der Waals surface area contributed by atoms with Gasteiger partial charge < -0.3 is 15.8 Å². The lowest BCUT2D eigenvalue weighted by atomic mass is 9.97. The number of anilines is 1. The van der Waals surface area contributed by atoms with Crippen LogP contribution in [0.25, 0.3) is 0 Å². The van der Waals surface area contributed by atoms with Crippen molar-refractivity contribution in [2.24, 2.45) is 11.7 Å². The highest BCUT2D eigenvalue weighted by Crippen LogP contribution is 2.23. The molecule has 166 valence electrons. The third kappa shape index (κ3) is 5.75. The number of rotatable bonds is 8. The highest BCUT2D eigenvalue weighted by atomic mass is 32.1. The Kier molecular flexibility index (Phi) is 7.19. The number of likely N-dealkylation sites (tertiary alicyclic amines) is 1. The Morgan fingerprint density at radius 3 is 2.81 bits per heavy atom. The smallest absolute Gasteiger partial charge is 0.255 e. The molecule has 3 N–H and O–H groups in total. The van der Waals surface area contributed by atoms with Gasteiger partial charge >= 0.3 is 0 Å². The summed E-state index contributed by atoms with van der Waals surface area (Å²) in [6, 6.07) is 19.0. The first kappa shape index (κ1) is 22.0. The van der Waals surface area contributed by atoms with Crippen LogP contribution >= 0.6 is 11.3 Å². The summed E-state index contributed by atoms with van der Waals surface area (Å²) >= 11 is 1.64. The molecule has 7 heteroatoms. The molecule has 1 fully saturated rings. The summed E-state index contributed by atoms with van der Waals surface area (Å²) in [6.07, 6.45) is 1.79. The van der Waals surface area contributed by atoms with Crippen LogP contribution in [-0.2, 0) is 17.9 Å². The molecule has 2 aromatic carbocycles. The number of amides is 2. The molecular weight excluding hydrogens is 422 g/mol. The first-order valence-electron chi connectivity index (χ1n) is 10.7. The zero-order valence-electron chi connectivity index (χ0n) is 17.8. The van der Waals surface area contributed by atoms with E-state index in [1.54, 1.807) is 23.5 Å². The normalized spacial score (nSPS) is 16.4. The lowest BCUT2D eigenvalue weighted by Gasteiger charge is -2.31. The van der Waals surface area contributed by atoms with Gasteiger partial charge in [-0.1, -0.05) is 30.3 Å². The van der Waals surface area contributed by atoms with Crippen molar-refractivity contribution in [3.8, 4) is 5.75 Å². The zero-order chi connectivity index (χ0) is 22.3. The number of nitrogens with two attached hydrogens (primary N) is 1. The van der Waals surface area contributed by atoms with Crippen molar-refractivity contribution in [1.29, 1.82) is 0 Å². The Labute approximate surface area is 192 Å². The number of para-hydroxylation sites is 1. The number of ether oxygens (including phenoxy) is 1. The maximum Gasteiger partial charge on any atom is 0.255 e. The number of carbonyl (C=O) groups is 2. The van der Waals surface area contributed by atoms with Crippen LogP contribution in [0, 0.1) is 5.92 Å². The monoisotopic (exact) mass is 449 g/mol. The van der Waals surface area contributed by atoms with Crippen molar-refractivity contribution >= 4 is 28.8 Å². The summed E-state index contributed by atoms with van der Waals surface area (Å²) in [5.41, 5.74) is 7.83. The number of nitrogens with one attached hydrogen (secondary N) is 1. The number of carbonyl (C=O) groups excluding carboxylic acids is 2. The number of nitrogens with zero attached hydrogens (tertiary/aromatic N) is 1. The second-order valence-electron chi connectivity index (χ2n) is 7.98. The molecule has 1 aliphatic rings. The molecule has 0 bridgehead atoms. The lowest BCUT2D eigenvalue weighted by molar-refractivity contribution is -0.123. The van der Waals surface area contributed by atoms with E-state index in [1.807, 2.05) is 53.9 Å². The second kappa shape index (κ2) is 10.4. The van der Waals surface area contributed by atoms with Gasteiger partial charge in [0.25, 0.3) is 5.91 Å². The van der Waals surface area contributed by atoms with Crippen LogP contribution in [0.3, 0.4) is 0 Å². The third-order valence-electron chi connectivity index (χ3n) is 5.62. The minimum Gasteiger partial charge on any atom is -0.488 e. The standard InChI is InChI=1S/C25H27N3O3S/c26-24(29)20-8-4-12-28(16-20)15-19-6-1-2-11-23(19)27-25(30)18-7-3-9-21(14-18)31-17-22-10-5-13-32-22/h1-3,5-7,9-11,13-14,20H,4,8,12,15-17H2,(H2,26,29)(H,27,30). The van der Waals surface area contributed by atoms with Gasteiger partial charge in [-0.3, -0.25) is 14.5 Å². The molecule has 1 aromatic heterocycles. The van der Waals surface area contributed by atoms with Crippen molar-refractivity contribution in [3.63, 3.8) is 0 Å². The Morgan fingerprint density at radius 2 is 2.00 bits per heavy atom. The van der Waals surface area contributed by atoms with Gasteiger partial charge in [-0.25, -0.2) is 0 Å². The number of piperidine rings is 1. The molecule has 3 aromatic rings. The third-order valence-corrected chi connectivity index (χ3v) is 6.47. The van der Waals surface area contributed by atoms with Gasteiger partial charge in [-0.15, -0.1) is 11.3 Å². The molecule has 2 amide bonds. The van der Waals surface area contributed by atoms with E-state index in [0.29, 0.717) is 31.0 Å². The fourth-order valence-corrected chi connectivity index (χ4v) is 4.54. The largest absolute Gasteiger partial charge is 0.488 e. The minimum absolute atomic E-state index is 0.109. The summed E-state index contributed by atoms with van der Waals surface area (Å²) in [7, 11) is 0. The Hall–Kier alpha value is -3.16. The van der Waals surface area contributed by atoms with Crippen LogP contribution in [0.5, 0.6) is 5.75 Å². The number of primary amides is 1. The molecule has 1 unspecified atom stereocenters. The van der Waals surface area contributed by atoms with Crippen LogP contribution in [0.15, 0.2) is 66.0 Å². The Bertz CT molecular complexity index is 1070. The Balaban J connectivity index is 1.41.